The second-order valence-electron chi connectivity index (χ2n) is 10.2. The first kappa shape index (κ1) is 28.5. The van der Waals surface area contributed by atoms with Crippen molar-refractivity contribution in [2.75, 3.05) is 0 Å². The number of fused-ring (bicyclic) bond motifs is 1. The standard InChI is InChI=1S/C34H29F2N3O3/c1-21(24-8-13-27(35)14-9-24)37-34(42)26-12-17-29-31(20-26)38-30(33(39-29)25-10-15-28(36)16-11-25)7-3-5-22-4-2-6-23(18-22)19-32(40)41/h2,4,6,8-18,20-21H,3,5,7,19H2,1H3,(H,37,42)(H,40,41). The van der Waals surface area contributed by atoms with Crippen LogP contribution in [0.1, 0.15) is 52.1 Å². The minimum atomic E-state index is -0.875. The fourth-order valence-corrected chi connectivity index (χ4v) is 4.89. The molecule has 0 saturated carbocycles. The van der Waals surface area contributed by atoms with Gasteiger partial charge in [0.25, 0.3) is 5.91 Å². The zero-order valence-electron chi connectivity index (χ0n) is 23.0. The summed E-state index contributed by atoms with van der Waals surface area (Å²) < 4.78 is 27.0. The number of halogens is 2. The van der Waals surface area contributed by atoms with Crippen molar-refractivity contribution in [3.63, 3.8) is 0 Å². The predicted octanol–water partition coefficient (Wildman–Crippen LogP) is 6.87. The Hall–Kier alpha value is -4.98. The first-order valence-electron chi connectivity index (χ1n) is 13.7. The van der Waals surface area contributed by atoms with Crippen molar-refractivity contribution in [2.24, 2.45) is 0 Å². The van der Waals surface area contributed by atoms with E-state index in [1.54, 1.807) is 48.5 Å². The number of hydrogen-bond donors (Lipinski definition) is 2. The molecule has 212 valence electrons. The number of amides is 1. The van der Waals surface area contributed by atoms with Gasteiger partial charge in [0.1, 0.15) is 11.6 Å². The molecule has 1 atom stereocenters. The number of hydrogen-bond acceptors (Lipinski definition) is 4. The summed E-state index contributed by atoms with van der Waals surface area (Å²) in [6.45, 7) is 1.83. The SMILES string of the molecule is CC(NC(=O)c1ccc2nc(-c3ccc(F)cc3)c(CCCc3cccc(CC(=O)O)c3)nc2c1)c1ccc(F)cc1. The molecular formula is C34H29F2N3O3. The maximum atomic E-state index is 13.7. The lowest BCUT2D eigenvalue weighted by molar-refractivity contribution is -0.136. The number of carboxylic acids is 1. The molecule has 5 rings (SSSR count). The van der Waals surface area contributed by atoms with Gasteiger partial charge in [-0.2, -0.15) is 0 Å². The molecule has 0 spiro atoms. The zero-order chi connectivity index (χ0) is 29.6. The highest BCUT2D eigenvalue weighted by Crippen LogP contribution is 2.26. The molecule has 6 nitrogen and oxygen atoms in total. The van der Waals surface area contributed by atoms with E-state index in [4.69, 9.17) is 15.1 Å². The lowest BCUT2D eigenvalue weighted by Gasteiger charge is -2.15. The molecule has 0 aliphatic rings. The maximum Gasteiger partial charge on any atom is 0.307 e. The van der Waals surface area contributed by atoms with Crippen LogP contribution >= 0.6 is 0 Å². The summed E-state index contributed by atoms with van der Waals surface area (Å²) in [7, 11) is 0. The quantitative estimate of drug-likeness (QED) is 0.193. The average molecular weight is 566 g/mol. The van der Waals surface area contributed by atoms with Crippen molar-refractivity contribution in [1.82, 2.24) is 15.3 Å². The third kappa shape index (κ3) is 7.01. The van der Waals surface area contributed by atoms with E-state index in [1.807, 2.05) is 25.1 Å². The fourth-order valence-electron chi connectivity index (χ4n) is 4.89. The molecule has 0 saturated heterocycles. The summed E-state index contributed by atoms with van der Waals surface area (Å²) in [5.41, 5.74) is 6.23. The van der Waals surface area contributed by atoms with Crippen LogP contribution in [0.25, 0.3) is 22.3 Å². The number of carbonyl (C=O) groups excluding carboxylic acids is 1. The number of aryl methyl sites for hydroxylation is 2. The predicted molar refractivity (Wildman–Crippen MR) is 157 cm³/mol. The van der Waals surface area contributed by atoms with Crippen molar-refractivity contribution in [2.45, 2.75) is 38.6 Å². The minimum Gasteiger partial charge on any atom is -0.481 e. The Morgan fingerprint density at radius 1 is 0.810 bits per heavy atom. The molecule has 0 radical (unpaired) electrons. The molecule has 1 aromatic heterocycles. The van der Waals surface area contributed by atoms with Gasteiger partial charge in [-0.3, -0.25) is 9.59 Å². The fraction of sp³-hybridized carbons (Fsp3) is 0.176. The van der Waals surface area contributed by atoms with Gasteiger partial charge in [-0.05, 0) is 97.5 Å². The van der Waals surface area contributed by atoms with Crippen molar-refractivity contribution in [3.8, 4) is 11.3 Å². The summed E-state index contributed by atoms with van der Waals surface area (Å²) >= 11 is 0. The Morgan fingerprint density at radius 3 is 2.21 bits per heavy atom. The maximum absolute atomic E-state index is 13.7. The molecule has 1 heterocycles. The number of aromatic nitrogens is 2. The number of benzene rings is 4. The van der Waals surface area contributed by atoms with Crippen LogP contribution in [0.5, 0.6) is 0 Å². The van der Waals surface area contributed by atoms with Gasteiger partial charge in [0.15, 0.2) is 0 Å². The van der Waals surface area contributed by atoms with Crippen LogP contribution < -0.4 is 5.32 Å². The van der Waals surface area contributed by atoms with E-state index in [-0.39, 0.29) is 30.0 Å². The Kier molecular flexibility index (Phi) is 8.62. The summed E-state index contributed by atoms with van der Waals surface area (Å²) in [5, 5.41) is 12.0. The first-order valence-corrected chi connectivity index (χ1v) is 13.7. The number of rotatable bonds is 10. The van der Waals surface area contributed by atoms with Crippen LogP contribution in [0.2, 0.25) is 0 Å². The van der Waals surface area contributed by atoms with E-state index in [0.717, 1.165) is 28.7 Å². The second-order valence-corrected chi connectivity index (χ2v) is 10.2. The molecule has 4 aromatic carbocycles. The minimum absolute atomic E-state index is 0.0305. The van der Waals surface area contributed by atoms with Crippen LogP contribution in [-0.4, -0.2) is 27.0 Å². The van der Waals surface area contributed by atoms with Gasteiger partial charge >= 0.3 is 5.97 Å². The molecule has 1 amide bonds. The molecular weight excluding hydrogens is 536 g/mol. The molecule has 8 heteroatoms. The molecule has 5 aromatic rings. The Labute approximate surface area is 242 Å². The molecule has 0 bridgehead atoms. The third-order valence-electron chi connectivity index (χ3n) is 7.06. The van der Waals surface area contributed by atoms with Gasteiger partial charge in [0.05, 0.1) is 34.9 Å². The van der Waals surface area contributed by atoms with E-state index in [2.05, 4.69) is 5.32 Å². The summed E-state index contributed by atoms with van der Waals surface area (Å²) in [4.78, 5) is 33.9. The number of carboxylic acid groups (broad SMARTS) is 1. The van der Waals surface area contributed by atoms with Crippen molar-refractivity contribution in [1.29, 1.82) is 0 Å². The topological polar surface area (TPSA) is 92.2 Å². The number of aliphatic carboxylic acids is 1. The molecule has 2 N–H and O–H groups in total. The third-order valence-corrected chi connectivity index (χ3v) is 7.06. The molecule has 0 aliphatic carbocycles. The largest absolute Gasteiger partial charge is 0.481 e. The number of carbonyl (C=O) groups is 2. The average Bonchev–Trinajstić information content (AvgIpc) is 2.97. The van der Waals surface area contributed by atoms with E-state index in [1.165, 1.54) is 24.3 Å². The van der Waals surface area contributed by atoms with Gasteiger partial charge in [0.2, 0.25) is 0 Å². The van der Waals surface area contributed by atoms with Gasteiger partial charge in [-0.25, -0.2) is 18.7 Å². The van der Waals surface area contributed by atoms with Crippen LogP contribution in [0.4, 0.5) is 8.78 Å². The van der Waals surface area contributed by atoms with Gasteiger partial charge in [-0.15, -0.1) is 0 Å². The Bertz CT molecular complexity index is 1740. The van der Waals surface area contributed by atoms with Gasteiger partial charge in [0, 0.05) is 11.1 Å². The van der Waals surface area contributed by atoms with Crippen LogP contribution in [-0.2, 0) is 24.1 Å². The van der Waals surface area contributed by atoms with Crippen molar-refractivity contribution < 1.29 is 23.5 Å². The van der Waals surface area contributed by atoms with Crippen LogP contribution in [0.3, 0.4) is 0 Å². The second kappa shape index (κ2) is 12.7. The van der Waals surface area contributed by atoms with E-state index < -0.39 is 5.97 Å². The monoisotopic (exact) mass is 565 g/mol. The summed E-state index contributed by atoms with van der Waals surface area (Å²) in [6, 6.07) is 24.4. The highest BCUT2D eigenvalue weighted by Gasteiger charge is 2.16. The summed E-state index contributed by atoms with van der Waals surface area (Å²) in [6.07, 6.45) is 1.97. The van der Waals surface area contributed by atoms with E-state index in [0.29, 0.717) is 40.8 Å². The highest BCUT2D eigenvalue weighted by atomic mass is 19.1. The highest BCUT2D eigenvalue weighted by molar-refractivity contribution is 5.97. The smallest absolute Gasteiger partial charge is 0.307 e. The zero-order valence-corrected chi connectivity index (χ0v) is 23.0. The lowest BCUT2D eigenvalue weighted by atomic mass is 10.0. The molecule has 0 fully saturated rings. The van der Waals surface area contributed by atoms with Gasteiger partial charge in [-0.1, -0.05) is 36.4 Å². The van der Waals surface area contributed by atoms with E-state index in [9.17, 15) is 18.4 Å². The van der Waals surface area contributed by atoms with Crippen molar-refractivity contribution in [3.05, 3.63) is 131 Å². The Morgan fingerprint density at radius 2 is 1.50 bits per heavy atom. The molecule has 1 unspecified atom stereocenters. The summed E-state index contributed by atoms with van der Waals surface area (Å²) in [5.74, 6) is -1.85. The normalized spacial score (nSPS) is 11.8. The van der Waals surface area contributed by atoms with Gasteiger partial charge < -0.3 is 10.4 Å². The Balaban J connectivity index is 1.40. The molecule has 0 aliphatic heterocycles. The number of nitrogens with zero attached hydrogens (tertiary/aromatic N) is 2. The van der Waals surface area contributed by atoms with Crippen LogP contribution in [0.15, 0.2) is 91.0 Å². The van der Waals surface area contributed by atoms with E-state index >= 15 is 0 Å². The molecule has 42 heavy (non-hydrogen) atoms. The van der Waals surface area contributed by atoms with Crippen LogP contribution in [0, 0.1) is 11.6 Å². The lowest BCUT2D eigenvalue weighted by Crippen LogP contribution is -2.26. The van der Waals surface area contributed by atoms with Crippen molar-refractivity contribution >= 4 is 22.9 Å². The first-order chi connectivity index (χ1) is 20.2. The number of nitrogens with one attached hydrogen (secondary N) is 1.